The smallest absolute Gasteiger partial charge is 0.0553 e. The van der Waals surface area contributed by atoms with Crippen molar-refractivity contribution in [2.24, 2.45) is 5.41 Å². The highest BCUT2D eigenvalue weighted by molar-refractivity contribution is 4.84. The summed E-state index contributed by atoms with van der Waals surface area (Å²) in [6.07, 6.45) is 1.66. The molecule has 0 N–H and O–H groups in total. The Labute approximate surface area is 69.5 Å². The molecule has 1 fully saturated rings. The molecule has 1 aliphatic rings. The summed E-state index contributed by atoms with van der Waals surface area (Å²) in [4.78, 5) is 2.24. The monoisotopic (exact) mass is 157 g/mol. The highest BCUT2D eigenvalue weighted by Crippen LogP contribution is 2.32. The molecule has 0 aromatic heterocycles. The molecule has 1 rings (SSSR count). The van der Waals surface area contributed by atoms with Crippen LogP contribution in [0.4, 0.5) is 0 Å². The molecule has 2 nitrogen and oxygen atoms in total. The normalized spacial score (nSPS) is 38.5. The minimum Gasteiger partial charge on any atom is -0.378 e. The SMILES string of the molecule is CC1CC(C)(CN(C)C)CO1. The zero-order chi connectivity index (χ0) is 8.48. The Morgan fingerprint density at radius 3 is 2.55 bits per heavy atom. The quantitative estimate of drug-likeness (QED) is 0.600. The van der Waals surface area contributed by atoms with Gasteiger partial charge in [-0.15, -0.1) is 0 Å². The van der Waals surface area contributed by atoms with E-state index in [2.05, 4.69) is 32.8 Å². The van der Waals surface area contributed by atoms with E-state index in [0.29, 0.717) is 11.5 Å². The Hall–Kier alpha value is -0.0800. The van der Waals surface area contributed by atoms with Crippen molar-refractivity contribution < 1.29 is 4.74 Å². The van der Waals surface area contributed by atoms with Crippen LogP contribution >= 0.6 is 0 Å². The van der Waals surface area contributed by atoms with E-state index in [9.17, 15) is 0 Å². The van der Waals surface area contributed by atoms with Gasteiger partial charge in [-0.05, 0) is 27.4 Å². The zero-order valence-electron chi connectivity index (χ0n) is 8.05. The van der Waals surface area contributed by atoms with Crippen molar-refractivity contribution in [1.82, 2.24) is 4.90 Å². The predicted octanol–water partition coefficient (Wildman–Crippen LogP) is 1.36. The van der Waals surface area contributed by atoms with E-state index in [0.717, 1.165) is 13.2 Å². The second-order valence-electron chi connectivity index (χ2n) is 4.37. The van der Waals surface area contributed by atoms with Crippen LogP contribution in [0, 0.1) is 5.41 Å². The van der Waals surface area contributed by atoms with Gasteiger partial charge >= 0.3 is 0 Å². The van der Waals surface area contributed by atoms with Crippen molar-refractivity contribution in [1.29, 1.82) is 0 Å². The lowest BCUT2D eigenvalue weighted by atomic mass is 9.88. The van der Waals surface area contributed by atoms with E-state index in [4.69, 9.17) is 4.74 Å². The van der Waals surface area contributed by atoms with Gasteiger partial charge in [0, 0.05) is 12.0 Å². The average Bonchev–Trinajstić information content (AvgIpc) is 2.08. The fraction of sp³-hybridized carbons (Fsp3) is 1.00. The summed E-state index contributed by atoms with van der Waals surface area (Å²) in [7, 11) is 4.24. The first kappa shape index (κ1) is 9.01. The van der Waals surface area contributed by atoms with Crippen molar-refractivity contribution in [3.63, 3.8) is 0 Å². The van der Waals surface area contributed by atoms with E-state index in [1.54, 1.807) is 0 Å². The van der Waals surface area contributed by atoms with Crippen molar-refractivity contribution in [2.75, 3.05) is 27.2 Å². The molecule has 0 aromatic rings. The third kappa shape index (κ3) is 2.46. The van der Waals surface area contributed by atoms with Crippen molar-refractivity contribution >= 4 is 0 Å². The van der Waals surface area contributed by atoms with E-state index in [1.165, 1.54) is 6.42 Å². The van der Waals surface area contributed by atoms with Gasteiger partial charge in [0.15, 0.2) is 0 Å². The second kappa shape index (κ2) is 3.11. The van der Waals surface area contributed by atoms with E-state index < -0.39 is 0 Å². The fourth-order valence-corrected chi connectivity index (χ4v) is 2.03. The van der Waals surface area contributed by atoms with Crippen LogP contribution in [0.3, 0.4) is 0 Å². The highest BCUT2D eigenvalue weighted by atomic mass is 16.5. The summed E-state index contributed by atoms with van der Waals surface area (Å²) >= 11 is 0. The topological polar surface area (TPSA) is 12.5 Å². The Balaban J connectivity index is 2.42. The minimum absolute atomic E-state index is 0.392. The summed E-state index contributed by atoms with van der Waals surface area (Å²) in [5.74, 6) is 0. The van der Waals surface area contributed by atoms with Gasteiger partial charge in [-0.25, -0.2) is 0 Å². The van der Waals surface area contributed by atoms with Crippen molar-refractivity contribution in [2.45, 2.75) is 26.4 Å². The van der Waals surface area contributed by atoms with Gasteiger partial charge in [-0.1, -0.05) is 6.92 Å². The first-order valence-electron chi connectivity index (χ1n) is 4.28. The maximum Gasteiger partial charge on any atom is 0.0553 e. The lowest BCUT2D eigenvalue weighted by molar-refractivity contribution is 0.101. The Bertz CT molecular complexity index is 136. The van der Waals surface area contributed by atoms with Gasteiger partial charge < -0.3 is 9.64 Å². The molecule has 66 valence electrons. The van der Waals surface area contributed by atoms with Crippen LogP contribution in [-0.2, 0) is 4.74 Å². The molecule has 0 amide bonds. The van der Waals surface area contributed by atoms with Crippen LogP contribution in [0.25, 0.3) is 0 Å². The third-order valence-electron chi connectivity index (χ3n) is 2.19. The summed E-state index contributed by atoms with van der Waals surface area (Å²) in [6, 6.07) is 0. The molecule has 1 saturated heterocycles. The lowest BCUT2D eigenvalue weighted by Crippen LogP contribution is -2.31. The van der Waals surface area contributed by atoms with Crippen LogP contribution in [-0.4, -0.2) is 38.3 Å². The minimum atomic E-state index is 0.392. The standard InChI is InChI=1S/C9H19NO/c1-8-5-9(2,7-11-8)6-10(3)4/h8H,5-7H2,1-4H3. The molecular formula is C9H19NO. The first-order valence-corrected chi connectivity index (χ1v) is 4.28. The van der Waals surface area contributed by atoms with Gasteiger partial charge in [0.2, 0.25) is 0 Å². The molecule has 0 aromatic carbocycles. The maximum absolute atomic E-state index is 5.54. The van der Waals surface area contributed by atoms with Gasteiger partial charge in [-0.3, -0.25) is 0 Å². The lowest BCUT2D eigenvalue weighted by Gasteiger charge is -2.25. The molecule has 0 spiro atoms. The van der Waals surface area contributed by atoms with Gasteiger partial charge in [0.25, 0.3) is 0 Å². The fourth-order valence-electron chi connectivity index (χ4n) is 2.03. The number of ether oxygens (including phenoxy) is 1. The van der Waals surface area contributed by atoms with Crippen LogP contribution in [0.1, 0.15) is 20.3 Å². The molecule has 2 heteroatoms. The molecule has 2 unspecified atom stereocenters. The van der Waals surface area contributed by atoms with Crippen LogP contribution in [0.2, 0.25) is 0 Å². The molecule has 0 bridgehead atoms. The summed E-state index contributed by atoms with van der Waals surface area (Å²) in [5, 5.41) is 0. The third-order valence-corrected chi connectivity index (χ3v) is 2.19. The highest BCUT2D eigenvalue weighted by Gasteiger charge is 2.34. The van der Waals surface area contributed by atoms with Crippen LogP contribution in [0.15, 0.2) is 0 Å². The molecule has 0 radical (unpaired) electrons. The average molecular weight is 157 g/mol. The molecule has 2 atom stereocenters. The number of hydrogen-bond acceptors (Lipinski definition) is 2. The molecule has 0 saturated carbocycles. The molecular weight excluding hydrogens is 138 g/mol. The van der Waals surface area contributed by atoms with Crippen molar-refractivity contribution in [3.8, 4) is 0 Å². The van der Waals surface area contributed by atoms with Gasteiger partial charge in [0.05, 0.1) is 12.7 Å². The Kier molecular flexibility index (Phi) is 2.55. The zero-order valence-corrected chi connectivity index (χ0v) is 8.05. The van der Waals surface area contributed by atoms with Crippen LogP contribution < -0.4 is 0 Å². The number of rotatable bonds is 2. The van der Waals surface area contributed by atoms with Crippen LogP contribution in [0.5, 0.6) is 0 Å². The second-order valence-corrected chi connectivity index (χ2v) is 4.37. The summed E-state index contributed by atoms with van der Waals surface area (Å²) < 4.78 is 5.54. The first-order chi connectivity index (χ1) is 5.02. The van der Waals surface area contributed by atoms with E-state index >= 15 is 0 Å². The number of nitrogens with zero attached hydrogens (tertiary/aromatic N) is 1. The molecule has 1 aliphatic heterocycles. The summed E-state index contributed by atoms with van der Waals surface area (Å²) in [5.41, 5.74) is 0.392. The largest absolute Gasteiger partial charge is 0.378 e. The Morgan fingerprint density at radius 1 is 1.55 bits per heavy atom. The van der Waals surface area contributed by atoms with Crippen molar-refractivity contribution in [3.05, 3.63) is 0 Å². The maximum atomic E-state index is 5.54. The van der Waals surface area contributed by atoms with E-state index in [1.807, 2.05) is 0 Å². The van der Waals surface area contributed by atoms with Gasteiger partial charge in [-0.2, -0.15) is 0 Å². The van der Waals surface area contributed by atoms with E-state index in [-0.39, 0.29) is 0 Å². The Morgan fingerprint density at radius 2 is 2.18 bits per heavy atom. The molecule has 1 heterocycles. The predicted molar refractivity (Wildman–Crippen MR) is 46.7 cm³/mol. The molecule has 0 aliphatic carbocycles. The van der Waals surface area contributed by atoms with Gasteiger partial charge in [0.1, 0.15) is 0 Å². The number of hydrogen-bond donors (Lipinski definition) is 0. The molecule has 11 heavy (non-hydrogen) atoms. The summed E-state index contributed by atoms with van der Waals surface area (Å²) in [6.45, 7) is 6.51.